The van der Waals surface area contributed by atoms with Gasteiger partial charge in [-0.3, -0.25) is 0 Å². The van der Waals surface area contributed by atoms with Gasteiger partial charge in [0.1, 0.15) is 0 Å². The van der Waals surface area contributed by atoms with Gasteiger partial charge in [0.15, 0.2) is 0 Å². The Morgan fingerprint density at radius 1 is 0.571 bits per heavy atom. The quantitative estimate of drug-likeness (QED) is 0.479. The standard InChI is InChI=1S/H2O.4O.Ta.W/h1H2;;;;;;/q;4*-2;+5;/p-1. The van der Waals surface area contributed by atoms with Crippen LogP contribution in [-0.4, -0.2) is 5.48 Å². The van der Waals surface area contributed by atoms with Crippen LogP contribution in [0.5, 0.6) is 0 Å². The maximum absolute atomic E-state index is 0. The topological polar surface area (TPSA) is 144 Å². The Labute approximate surface area is 70.8 Å². The van der Waals surface area contributed by atoms with E-state index in [1.54, 1.807) is 0 Å². The Balaban J connectivity index is 0. The molecule has 0 heterocycles. The number of hydrogen-bond donors (Lipinski definition) is 0. The summed E-state index contributed by atoms with van der Waals surface area (Å²) >= 11 is 0. The molecule has 0 aliphatic carbocycles. The maximum Gasteiger partial charge on any atom is 5.00 e. The molecule has 0 aromatic heterocycles. The zero-order chi connectivity index (χ0) is 0. The average molecular weight is 446 g/mol. The molecule has 0 rings (SSSR count). The fourth-order valence-corrected chi connectivity index (χ4v) is 0. The van der Waals surface area contributed by atoms with Crippen molar-refractivity contribution in [1.82, 2.24) is 0 Å². The van der Waals surface area contributed by atoms with Gasteiger partial charge in [-0.1, -0.05) is 0 Å². The van der Waals surface area contributed by atoms with Crippen LogP contribution < -0.4 is 0 Å². The second kappa shape index (κ2) is 186. The van der Waals surface area contributed by atoms with E-state index >= 15 is 0 Å². The fraction of sp³-hybridized carbons (Fsp3) is 0. The first-order chi connectivity index (χ1) is 0. The first kappa shape index (κ1) is 285. The normalized spacial score (nSPS) is 0. The van der Waals surface area contributed by atoms with Crippen LogP contribution in [0.3, 0.4) is 0 Å². The van der Waals surface area contributed by atoms with Gasteiger partial charge in [-0.25, -0.2) is 0 Å². The summed E-state index contributed by atoms with van der Waals surface area (Å²) in [6.45, 7) is 0. The predicted molar refractivity (Wildman–Crippen MR) is 4.68 cm³/mol. The van der Waals surface area contributed by atoms with Crippen LogP contribution in [-0.2, 0) is 65.4 Å². The molecule has 0 fully saturated rings. The molecular formula is HO5TaW-4. The monoisotopic (exact) mass is 446 g/mol. The molecule has 0 radical (unpaired) electrons. The van der Waals surface area contributed by atoms with Crippen molar-refractivity contribution in [3.8, 4) is 0 Å². The van der Waals surface area contributed by atoms with Crippen molar-refractivity contribution in [2.45, 2.75) is 0 Å². The molecule has 0 aliphatic rings. The Kier molecular flexibility index (Phi) is 7560. The molecule has 0 aliphatic heterocycles. The van der Waals surface area contributed by atoms with Crippen LogP contribution in [0.1, 0.15) is 0 Å². The first-order valence-corrected chi connectivity index (χ1v) is 0. The first-order valence-electron chi connectivity index (χ1n) is 0. The van der Waals surface area contributed by atoms with E-state index in [9.17, 15) is 0 Å². The van der Waals surface area contributed by atoms with E-state index in [-0.39, 0.29) is 70.8 Å². The molecule has 0 spiro atoms. The molecule has 0 unspecified atom stereocenters. The minimum Gasteiger partial charge on any atom is -2.00 e. The van der Waals surface area contributed by atoms with Gasteiger partial charge < -0.3 is 27.4 Å². The van der Waals surface area contributed by atoms with E-state index in [1.165, 1.54) is 0 Å². The van der Waals surface area contributed by atoms with Gasteiger partial charge in [0.25, 0.3) is 0 Å². The summed E-state index contributed by atoms with van der Waals surface area (Å²) in [6, 6.07) is 0. The van der Waals surface area contributed by atoms with Crippen molar-refractivity contribution < 1.29 is 70.8 Å². The molecule has 0 bridgehead atoms. The van der Waals surface area contributed by atoms with E-state index in [2.05, 4.69) is 0 Å². The fourth-order valence-electron chi connectivity index (χ4n) is 0. The van der Waals surface area contributed by atoms with Crippen LogP contribution in [0, 0.1) is 0 Å². The second-order valence-electron chi connectivity index (χ2n) is 0. The van der Waals surface area contributed by atoms with E-state index < -0.39 is 0 Å². The predicted octanol–water partition coefficient (Wildman–Crippen LogP) is -0.657. The summed E-state index contributed by atoms with van der Waals surface area (Å²) in [5, 5.41) is 0. The van der Waals surface area contributed by atoms with Crippen molar-refractivity contribution in [2.75, 3.05) is 0 Å². The minimum atomic E-state index is 0. The molecule has 1 N–H and O–H groups in total. The van der Waals surface area contributed by atoms with Gasteiger partial charge >= 0.3 is 22.4 Å². The van der Waals surface area contributed by atoms with Gasteiger partial charge in [0, 0.05) is 21.1 Å². The van der Waals surface area contributed by atoms with E-state index in [0.29, 0.717) is 0 Å². The zero-order valence-electron chi connectivity index (χ0n) is 2.94. The molecule has 7 heavy (non-hydrogen) atoms. The maximum atomic E-state index is 0. The Hall–Kier alpha value is 1.23. The second-order valence-corrected chi connectivity index (χ2v) is 0. The number of hydrogen-bond acceptors (Lipinski definition) is 1. The molecule has 0 saturated heterocycles. The molecule has 7 heteroatoms. The van der Waals surface area contributed by atoms with Crippen LogP contribution in [0.2, 0.25) is 0 Å². The van der Waals surface area contributed by atoms with E-state index in [4.69, 9.17) is 0 Å². The van der Waals surface area contributed by atoms with Crippen LogP contribution >= 0.6 is 0 Å². The van der Waals surface area contributed by atoms with Crippen molar-refractivity contribution in [1.29, 1.82) is 0 Å². The van der Waals surface area contributed by atoms with E-state index in [1.807, 2.05) is 0 Å². The average Bonchev–Trinajstić information content (AvgIpc) is 0. The Morgan fingerprint density at radius 3 is 0.571 bits per heavy atom. The molecule has 0 saturated carbocycles. The number of rotatable bonds is 0. The molecule has 0 amide bonds. The SMILES string of the molecule is [O-2].[O-2].[O-2].[O-2].[OH-].[Ta+5].[W]. The third-order valence-electron chi connectivity index (χ3n) is 0. The van der Waals surface area contributed by atoms with E-state index in [0.717, 1.165) is 0 Å². The van der Waals surface area contributed by atoms with Gasteiger partial charge in [0.2, 0.25) is 0 Å². The largest absolute Gasteiger partial charge is 5.00 e. The summed E-state index contributed by atoms with van der Waals surface area (Å²) in [7, 11) is 0. The van der Waals surface area contributed by atoms with Gasteiger partial charge in [-0.2, -0.15) is 0 Å². The zero-order valence-corrected chi connectivity index (χ0v) is 9.08. The van der Waals surface area contributed by atoms with Crippen LogP contribution in [0.4, 0.5) is 0 Å². The summed E-state index contributed by atoms with van der Waals surface area (Å²) in [4.78, 5) is 0. The summed E-state index contributed by atoms with van der Waals surface area (Å²) < 4.78 is 0. The molecule has 0 atom stereocenters. The van der Waals surface area contributed by atoms with Crippen molar-refractivity contribution in [3.63, 3.8) is 0 Å². The Morgan fingerprint density at radius 2 is 0.571 bits per heavy atom. The van der Waals surface area contributed by atoms with Crippen LogP contribution in [0.15, 0.2) is 0 Å². The third kappa shape index (κ3) is 131. The molecule has 0 aromatic rings. The summed E-state index contributed by atoms with van der Waals surface area (Å²) in [6.07, 6.45) is 0. The molecule has 5 nitrogen and oxygen atoms in total. The summed E-state index contributed by atoms with van der Waals surface area (Å²) in [5.74, 6) is 0. The van der Waals surface area contributed by atoms with Crippen molar-refractivity contribution >= 4 is 0 Å². The molecule has 46 valence electrons. The van der Waals surface area contributed by atoms with Crippen LogP contribution in [0.25, 0.3) is 0 Å². The molecular weight excluding hydrogens is 445 g/mol. The smallest absolute Gasteiger partial charge is 2.00 e. The Bertz CT molecular complexity index is 8.04. The van der Waals surface area contributed by atoms with Gasteiger partial charge in [0.05, 0.1) is 0 Å². The van der Waals surface area contributed by atoms with Crippen molar-refractivity contribution in [2.24, 2.45) is 0 Å². The molecule has 0 aromatic carbocycles. The van der Waals surface area contributed by atoms with Gasteiger partial charge in [-0.05, 0) is 0 Å². The minimum absolute atomic E-state index is 0. The van der Waals surface area contributed by atoms with Crippen molar-refractivity contribution in [3.05, 3.63) is 0 Å². The summed E-state index contributed by atoms with van der Waals surface area (Å²) in [5.41, 5.74) is 0. The van der Waals surface area contributed by atoms with Gasteiger partial charge in [-0.15, -0.1) is 0 Å². The third-order valence-corrected chi connectivity index (χ3v) is 0.